The Bertz CT molecular complexity index is 665. The number of piperazine rings is 1. The van der Waals surface area contributed by atoms with Gasteiger partial charge in [-0.25, -0.2) is 9.97 Å². The molecular formula is C16H20N4O. The van der Waals surface area contributed by atoms with E-state index in [0.717, 1.165) is 41.7 Å². The maximum absolute atomic E-state index is 12.2. The number of nitrogens with zero attached hydrogens (tertiary/aromatic N) is 3. The van der Waals surface area contributed by atoms with E-state index >= 15 is 0 Å². The fourth-order valence-corrected chi connectivity index (χ4v) is 3.01. The normalized spacial score (nSPS) is 18.9. The Balaban J connectivity index is 2.12. The molecule has 110 valence electrons. The van der Waals surface area contributed by atoms with Crippen molar-refractivity contribution < 1.29 is 4.79 Å². The van der Waals surface area contributed by atoms with E-state index in [-0.39, 0.29) is 11.9 Å². The van der Waals surface area contributed by atoms with Gasteiger partial charge in [-0.05, 0) is 25.0 Å². The zero-order valence-electron chi connectivity index (χ0n) is 12.5. The Hall–Kier alpha value is -2.17. The van der Waals surface area contributed by atoms with E-state index in [1.54, 1.807) is 6.33 Å². The minimum atomic E-state index is -0.138. The molecule has 1 N–H and O–H groups in total. The lowest BCUT2D eigenvalue weighted by atomic mass is 10.0. The third kappa shape index (κ3) is 2.44. The average molecular weight is 284 g/mol. The number of fused-ring (bicyclic) bond motifs is 1. The summed E-state index contributed by atoms with van der Waals surface area (Å²) in [6.45, 7) is 5.62. The molecule has 1 aliphatic rings. The molecule has 5 heteroatoms. The summed E-state index contributed by atoms with van der Waals surface area (Å²) in [4.78, 5) is 23.2. The van der Waals surface area contributed by atoms with Crippen LogP contribution < -0.4 is 10.2 Å². The summed E-state index contributed by atoms with van der Waals surface area (Å²) in [6, 6.07) is 5.92. The summed E-state index contributed by atoms with van der Waals surface area (Å²) < 4.78 is 0. The Kier molecular flexibility index (Phi) is 3.73. The van der Waals surface area contributed by atoms with Crippen molar-refractivity contribution in [2.24, 2.45) is 0 Å². The first-order valence-electron chi connectivity index (χ1n) is 7.47. The van der Waals surface area contributed by atoms with E-state index in [9.17, 15) is 4.79 Å². The minimum absolute atomic E-state index is 0.100. The first kappa shape index (κ1) is 13.8. The molecule has 1 aromatic carbocycles. The third-order valence-electron chi connectivity index (χ3n) is 4.02. The van der Waals surface area contributed by atoms with Crippen LogP contribution in [0.15, 0.2) is 24.5 Å². The first-order valence-corrected chi connectivity index (χ1v) is 7.47. The van der Waals surface area contributed by atoms with E-state index in [1.165, 1.54) is 0 Å². The van der Waals surface area contributed by atoms with Crippen LogP contribution in [-0.4, -0.2) is 35.0 Å². The van der Waals surface area contributed by atoms with Crippen LogP contribution >= 0.6 is 0 Å². The molecule has 1 aromatic heterocycles. The lowest BCUT2D eigenvalue weighted by Crippen LogP contribution is -2.55. The molecule has 3 rings (SSSR count). The number of carbonyl (C=O) groups excluding carboxylic acids is 1. The van der Waals surface area contributed by atoms with Gasteiger partial charge in [-0.1, -0.05) is 25.5 Å². The molecule has 1 fully saturated rings. The highest BCUT2D eigenvalue weighted by Gasteiger charge is 2.30. The van der Waals surface area contributed by atoms with Crippen molar-refractivity contribution in [3.8, 4) is 0 Å². The maximum atomic E-state index is 12.2. The van der Waals surface area contributed by atoms with Gasteiger partial charge in [-0.3, -0.25) is 4.79 Å². The Labute approximate surface area is 124 Å². The number of hydrogen-bond acceptors (Lipinski definition) is 4. The van der Waals surface area contributed by atoms with Gasteiger partial charge in [0.25, 0.3) is 0 Å². The van der Waals surface area contributed by atoms with Crippen LogP contribution in [0.2, 0.25) is 0 Å². The summed E-state index contributed by atoms with van der Waals surface area (Å²) >= 11 is 0. The van der Waals surface area contributed by atoms with E-state index in [2.05, 4.69) is 40.1 Å². The molecule has 1 amide bonds. The molecule has 0 saturated carbocycles. The van der Waals surface area contributed by atoms with Crippen molar-refractivity contribution in [3.05, 3.63) is 30.1 Å². The summed E-state index contributed by atoms with van der Waals surface area (Å²) in [5.41, 5.74) is 2.07. The number of aryl methyl sites for hydroxylation is 1. The van der Waals surface area contributed by atoms with Gasteiger partial charge in [0.15, 0.2) is 0 Å². The SMILES string of the molecule is CCC[C@@H]1C(=O)NCCN1c1ncnc2cccc(C)c12. The van der Waals surface area contributed by atoms with Crippen molar-refractivity contribution in [3.63, 3.8) is 0 Å². The maximum Gasteiger partial charge on any atom is 0.242 e. The molecule has 0 bridgehead atoms. The summed E-state index contributed by atoms with van der Waals surface area (Å²) in [5, 5.41) is 4.01. The number of aromatic nitrogens is 2. The first-order chi connectivity index (χ1) is 10.2. The number of rotatable bonds is 3. The molecule has 0 radical (unpaired) electrons. The molecule has 2 heterocycles. The van der Waals surface area contributed by atoms with Crippen LogP contribution in [0.1, 0.15) is 25.3 Å². The van der Waals surface area contributed by atoms with Gasteiger partial charge in [0.2, 0.25) is 5.91 Å². The number of hydrogen-bond donors (Lipinski definition) is 1. The van der Waals surface area contributed by atoms with Crippen molar-refractivity contribution in [1.29, 1.82) is 0 Å². The van der Waals surface area contributed by atoms with Gasteiger partial charge >= 0.3 is 0 Å². The molecule has 0 unspecified atom stereocenters. The van der Waals surface area contributed by atoms with Gasteiger partial charge in [0.05, 0.1) is 5.52 Å². The molecule has 0 spiro atoms. The fourth-order valence-electron chi connectivity index (χ4n) is 3.01. The highest BCUT2D eigenvalue weighted by Crippen LogP contribution is 2.29. The standard InChI is InChI=1S/C16H20N4O/c1-3-5-13-16(21)17-8-9-20(13)15-14-11(2)6-4-7-12(14)18-10-19-15/h4,6-7,10,13H,3,5,8-9H2,1-2H3,(H,17,21)/t13-/m1/s1. The molecule has 2 aromatic rings. The number of nitrogens with one attached hydrogen (secondary N) is 1. The predicted molar refractivity (Wildman–Crippen MR) is 83.3 cm³/mol. The quantitative estimate of drug-likeness (QED) is 0.937. The Morgan fingerprint density at radius 2 is 2.24 bits per heavy atom. The van der Waals surface area contributed by atoms with Crippen LogP contribution in [0.25, 0.3) is 10.9 Å². The lowest BCUT2D eigenvalue weighted by Gasteiger charge is -2.36. The van der Waals surface area contributed by atoms with Crippen LogP contribution in [-0.2, 0) is 4.79 Å². The molecule has 0 aliphatic carbocycles. The van der Waals surface area contributed by atoms with Crippen LogP contribution in [0.3, 0.4) is 0 Å². The van der Waals surface area contributed by atoms with E-state index in [1.807, 2.05) is 12.1 Å². The highest BCUT2D eigenvalue weighted by atomic mass is 16.2. The van der Waals surface area contributed by atoms with Crippen molar-refractivity contribution in [2.45, 2.75) is 32.7 Å². The Morgan fingerprint density at radius 3 is 3.05 bits per heavy atom. The zero-order valence-corrected chi connectivity index (χ0v) is 12.5. The average Bonchev–Trinajstić information content (AvgIpc) is 2.49. The predicted octanol–water partition coefficient (Wildman–Crippen LogP) is 2.04. The second-order valence-electron chi connectivity index (χ2n) is 5.46. The van der Waals surface area contributed by atoms with Gasteiger partial charge in [0, 0.05) is 18.5 Å². The lowest BCUT2D eigenvalue weighted by molar-refractivity contribution is -0.123. The van der Waals surface area contributed by atoms with E-state index in [4.69, 9.17) is 0 Å². The smallest absolute Gasteiger partial charge is 0.242 e. The second kappa shape index (κ2) is 5.68. The monoisotopic (exact) mass is 284 g/mol. The molecule has 1 atom stereocenters. The highest BCUT2D eigenvalue weighted by molar-refractivity contribution is 5.95. The fraction of sp³-hybridized carbons (Fsp3) is 0.438. The summed E-state index contributed by atoms with van der Waals surface area (Å²) in [7, 11) is 0. The van der Waals surface area contributed by atoms with Crippen LogP contribution in [0.5, 0.6) is 0 Å². The number of amides is 1. The van der Waals surface area contributed by atoms with Crippen molar-refractivity contribution in [2.75, 3.05) is 18.0 Å². The number of carbonyl (C=O) groups is 1. The molecule has 1 saturated heterocycles. The largest absolute Gasteiger partial charge is 0.353 e. The van der Waals surface area contributed by atoms with Crippen LogP contribution in [0.4, 0.5) is 5.82 Å². The van der Waals surface area contributed by atoms with Crippen molar-refractivity contribution >= 4 is 22.6 Å². The zero-order chi connectivity index (χ0) is 14.8. The van der Waals surface area contributed by atoms with E-state index in [0.29, 0.717) is 6.54 Å². The van der Waals surface area contributed by atoms with Gasteiger partial charge in [-0.2, -0.15) is 0 Å². The minimum Gasteiger partial charge on any atom is -0.353 e. The second-order valence-corrected chi connectivity index (χ2v) is 5.46. The van der Waals surface area contributed by atoms with Gasteiger partial charge in [0.1, 0.15) is 18.2 Å². The Morgan fingerprint density at radius 1 is 1.38 bits per heavy atom. The number of benzene rings is 1. The van der Waals surface area contributed by atoms with E-state index < -0.39 is 0 Å². The van der Waals surface area contributed by atoms with Crippen LogP contribution in [0, 0.1) is 6.92 Å². The summed E-state index contributed by atoms with van der Waals surface area (Å²) in [6.07, 6.45) is 3.40. The molecule has 21 heavy (non-hydrogen) atoms. The summed E-state index contributed by atoms with van der Waals surface area (Å²) in [5.74, 6) is 0.981. The molecule has 1 aliphatic heterocycles. The third-order valence-corrected chi connectivity index (χ3v) is 4.02. The molecular weight excluding hydrogens is 264 g/mol. The topological polar surface area (TPSA) is 58.1 Å². The van der Waals surface area contributed by atoms with Gasteiger partial charge < -0.3 is 10.2 Å². The number of anilines is 1. The van der Waals surface area contributed by atoms with Crippen molar-refractivity contribution in [1.82, 2.24) is 15.3 Å². The van der Waals surface area contributed by atoms with Gasteiger partial charge in [-0.15, -0.1) is 0 Å². The molecule has 5 nitrogen and oxygen atoms in total.